The van der Waals surface area contributed by atoms with Gasteiger partial charge in [-0.2, -0.15) is 0 Å². The average molecular weight is 261 g/mol. The Morgan fingerprint density at radius 2 is 1.68 bits per heavy atom. The van der Waals surface area contributed by atoms with Gasteiger partial charge in [0, 0.05) is 5.54 Å². The molecular weight excluding hydrogens is 230 g/mol. The van der Waals surface area contributed by atoms with Crippen molar-refractivity contribution in [3.63, 3.8) is 0 Å². The fourth-order valence-corrected chi connectivity index (χ4v) is 7.00. The Labute approximate surface area is 118 Å². The van der Waals surface area contributed by atoms with E-state index in [1.165, 1.54) is 70.6 Å². The molecule has 4 rings (SSSR count). The van der Waals surface area contributed by atoms with E-state index in [1.807, 2.05) is 0 Å². The second-order valence-corrected chi connectivity index (χ2v) is 8.57. The van der Waals surface area contributed by atoms with Crippen LogP contribution in [-0.4, -0.2) is 5.54 Å². The van der Waals surface area contributed by atoms with Gasteiger partial charge in [0.05, 0.1) is 0 Å². The molecule has 0 aliphatic heterocycles. The Balaban J connectivity index is 1.64. The molecule has 19 heavy (non-hydrogen) atoms. The van der Waals surface area contributed by atoms with E-state index < -0.39 is 0 Å². The van der Waals surface area contributed by atoms with Crippen molar-refractivity contribution < 1.29 is 0 Å². The van der Waals surface area contributed by atoms with Gasteiger partial charge in [-0.05, 0) is 80.5 Å². The average Bonchev–Trinajstić information content (AvgIpc) is 2.79. The lowest BCUT2D eigenvalue weighted by Gasteiger charge is -2.59. The maximum Gasteiger partial charge on any atom is 0.0185 e. The molecule has 0 spiro atoms. The molecule has 6 atom stereocenters. The van der Waals surface area contributed by atoms with Gasteiger partial charge in [0.15, 0.2) is 0 Å². The normalized spacial score (nSPS) is 57.2. The third kappa shape index (κ3) is 1.69. The number of hydrogen-bond donors (Lipinski definition) is 1. The molecule has 4 fully saturated rings. The van der Waals surface area contributed by atoms with Gasteiger partial charge in [0.25, 0.3) is 0 Å². The first kappa shape index (κ1) is 12.7. The summed E-state index contributed by atoms with van der Waals surface area (Å²) in [5, 5.41) is 0. The molecule has 0 aromatic heterocycles. The summed E-state index contributed by atoms with van der Waals surface area (Å²) in [6.07, 6.45) is 16.0. The molecule has 0 aromatic carbocycles. The predicted molar refractivity (Wildman–Crippen MR) is 79.8 cm³/mol. The number of nitrogens with two attached hydrogens (primary N) is 1. The minimum Gasteiger partial charge on any atom is -0.325 e. The highest BCUT2D eigenvalue weighted by molar-refractivity contribution is 5.10. The van der Waals surface area contributed by atoms with Crippen molar-refractivity contribution in [2.45, 2.75) is 83.1 Å². The molecule has 0 saturated heterocycles. The summed E-state index contributed by atoms with van der Waals surface area (Å²) in [4.78, 5) is 0. The first-order chi connectivity index (χ1) is 9.13. The van der Waals surface area contributed by atoms with Gasteiger partial charge in [0.2, 0.25) is 0 Å². The maximum atomic E-state index is 6.78. The monoisotopic (exact) mass is 261 g/mol. The molecule has 1 heteroatoms. The zero-order valence-electron chi connectivity index (χ0n) is 12.7. The van der Waals surface area contributed by atoms with E-state index in [4.69, 9.17) is 5.73 Å². The standard InChI is InChI=1S/C18H31N/c1-17-10-3-2-5-13(17)7-8-14-15(17)9-12-18(19)11-4-6-16(14)18/h13-16H,2-12,19H2,1H3/t13?,14-,15+,16+,17+,18-/m1/s1. The lowest BCUT2D eigenvalue weighted by atomic mass is 9.46. The Kier molecular flexibility index (Phi) is 2.82. The first-order valence-electron chi connectivity index (χ1n) is 8.92. The van der Waals surface area contributed by atoms with Crippen LogP contribution < -0.4 is 5.73 Å². The molecule has 4 aliphatic rings. The molecule has 0 aromatic rings. The summed E-state index contributed by atoms with van der Waals surface area (Å²) in [5.74, 6) is 3.94. The SMILES string of the molecule is C[C@]12CCCCC1CC[C@H]1[C@@H]3CCC[C@@]3(N)CC[C@@H]12. The van der Waals surface area contributed by atoms with E-state index in [1.54, 1.807) is 0 Å². The minimum absolute atomic E-state index is 0.249. The van der Waals surface area contributed by atoms with Crippen molar-refractivity contribution in [1.82, 2.24) is 0 Å². The van der Waals surface area contributed by atoms with Crippen molar-refractivity contribution in [2.24, 2.45) is 34.8 Å². The van der Waals surface area contributed by atoms with E-state index in [2.05, 4.69) is 6.92 Å². The van der Waals surface area contributed by atoms with Gasteiger partial charge in [0.1, 0.15) is 0 Å². The van der Waals surface area contributed by atoms with E-state index in [0.29, 0.717) is 5.41 Å². The van der Waals surface area contributed by atoms with Crippen molar-refractivity contribution in [1.29, 1.82) is 0 Å². The van der Waals surface area contributed by atoms with Crippen LogP contribution in [0.4, 0.5) is 0 Å². The molecular formula is C18H31N. The topological polar surface area (TPSA) is 26.0 Å². The quantitative estimate of drug-likeness (QED) is 0.682. The fourth-order valence-electron chi connectivity index (χ4n) is 7.00. The molecule has 2 N–H and O–H groups in total. The molecule has 0 amide bonds. The van der Waals surface area contributed by atoms with Gasteiger partial charge in [-0.15, -0.1) is 0 Å². The van der Waals surface area contributed by atoms with Crippen LogP contribution in [0.2, 0.25) is 0 Å². The molecule has 0 heterocycles. The highest BCUT2D eigenvalue weighted by Gasteiger charge is 2.57. The summed E-state index contributed by atoms with van der Waals surface area (Å²) < 4.78 is 0. The van der Waals surface area contributed by atoms with E-state index in [9.17, 15) is 0 Å². The maximum absolute atomic E-state index is 6.78. The summed E-state index contributed by atoms with van der Waals surface area (Å²) in [6, 6.07) is 0. The van der Waals surface area contributed by atoms with E-state index in [-0.39, 0.29) is 5.54 Å². The Morgan fingerprint density at radius 1 is 0.789 bits per heavy atom. The summed E-state index contributed by atoms with van der Waals surface area (Å²) in [5.41, 5.74) is 7.72. The lowest BCUT2D eigenvalue weighted by Crippen LogP contribution is -2.57. The Bertz CT molecular complexity index is 365. The lowest BCUT2D eigenvalue weighted by molar-refractivity contribution is -0.0884. The van der Waals surface area contributed by atoms with Gasteiger partial charge in [-0.25, -0.2) is 0 Å². The molecule has 0 bridgehead atoms. The number of fused-ring (bicyclic) bond motifs is 5. The van der Waals surface area contributed by atoms with Crippen LogP contribution in [0.1, 0.15) is 77.6 Å². The summed E-state index contributed by atoms with van der Waals surface area (Å²) in [7, 11) is 0. The molecule has 1 nitrogen and oxygen atoms in total. The van der Waals surface area contributed by atoms with Crippen molar-refractivity contribution >= 4 is 0 Å². The van der Waals surface area contributed by atoms with Crippen molar-refractivity contribution in [3.8, 4) is 0 Å². The van der Waals surface area contributed by atoms with E-state index >= 15 is 0 Å². The Hall–Kier alpha value is -0.0400. The van der Waals surface area contributed by atoms with Crippen LogP contribution in [0.15, 0.2) is 0 Å². The third-order valence-electron chi connectivity index (χ3n) is 8.00. The van der Waals surface area contributed by atoms with Crippen LogP contribution in [-0.2, 0) is 0 Å². The van der Waals surface area contributed by atoms with Crippen molar-refractivity contribution in [3.05, 3.63) is 0 Å². The van der Waals surface area contributed by atoms with Gasteiger partial charge in [-0.1, -0.05) is 26.2 Å². The van der Waals surface area contributed by atoms with Crippen LogP contribution in [0.3, 0.4) is 0 Å². The molecule has 0 radical (unpaired) electrons. The van der Waals surface area contributed by atoms with Gasteiger partial charge >= 0.3 is 0 Å². The third-order valence-corrected chi connectivity index (χ3v) is 8.00. The van der Waals surface area contributed by atoms with Crippen LogP contribution in [0.25, 0.3) is 0 Å². The minimum atomic E-state index is 0.249. The highest BCUT2D eigenvalue weighted by atomic mass is 14.8. The zero-order valence-corrected chi connectivity index (χ0v) is 12.7. The second-order valence-electron chi connectivity index (χ2n) is 8.57. The largest absolute Gasteiger partial charge is 0.325 e. The summed E-state index contributed by atoms with van der Waals surface area (Å²) >= 11 is 0. The second kappa shape index (κ2) is 4.23. The Morgan fingerprint density at radius 3 is 2.58 bits per heavy atom. The highest BCUT2D eigenvalue weighted by Crippen LogP contribution is 2.63. The number of rotatable bonds is 0. The molecule has 108 valence electrons. The van der Waals surface area contributed by atoms with E-state index in [0.717, 1.165) is 23.7 Å². The fraction of sp³-hybridized carbons (Fsp3) is 1.00. The zero-order chi connectivity index (χ0) is 13.1. The number of hydrogen-bond acceptors (Lipinski definition) is 1. The van der Waals surface area contributed by atoms with Gasteiger partial charge < -0.3 is 5.73 Å². The van der Waals surface area contributed by atoms with Crippen LogP contribution in [0.5, 0.6) is 0 Å². The first-order valence-corrected chi connectivity index (χ1v) is 8.92. The van der Waals surface area contributed by atoms with Crippen LogP contribution >= 0.6 is 0 Å². The van der Waals surface area contributed by atoms with Crippen molar-refractivity contribution in [2.75, 3.05) is 0 Å². The molecule has 4 saturated carbocycles. The molecule has 1 unspecified atom stereocenters. The van der Waals surface area contributed by atoms with Crippen LogP contribution in [0, 0.1) is 29.1 Å². The smallest absolute Gasteiger partial charge is 0.0185 e. The summed E-state index contributed by atoms with van der Waals surface area (Å²) in [6.45, 7) is 2.66. The predicted octanol–water partition coefficient (Wildman–Crippen LogP) is 4.50. The van der Waals surface area contributed by atoms with Gasteiger partial charge in [-0.3, -0.25) is 0 Å². The molecule has 4 aliphatic carbocycles.